The van der Waals surface area contributed by atoms with Crippen LogP contribution in [-0.2, 0) is 20.1 Å². The summed E-state index contributed by atoms with van der Waals surface area (Å²) in [6, 6.07) is 22.7. The first-order chi connectivity index (χ1) is 16.2. The van der Waals surface area contributed by atoms with E-state index in [-0.39, 0.29) is 32.3 Å². The molecule has 35 heavy (non-hydrogen) atoms. The zero-order valence-electron chi connectivity index (χ0n) is 20.8. The van der Waals surface area contributed by atoms with Crippen molar-refractivity contribution >= 4 is 32.6 Å². The molecule has 4 aromatic carbocycles. The fourth-order valence-corrected chi connectivity index (χ4v) is 4.22. The fraction of sp³-hybridized carbons (Fsp3) is 0.267. The topological polar surface area (TPSA) is 66.2 Å². The van der Waals surface area contributed by atoms with Gasteiger partial charge in [-0.1, -0.05) is 71.3 Å². The first-order valence-electron chi connectivity index (χ1n) is 11.7. The minimum atomic E-state index is -0.375. The maximum absolute atomic E-state index is 8.56. The quantitative estimate of drug-likeness (QED) is 0.175. The number of aryl methyl sites for hydroxylation is 3. The van der Waals surface area contributed by atoms with E-state index < -0.39 is 0 Å². The summed E-state index contributed by atoms with van der Waals surface area (Å²) >= 11 is 0. The molecule has 0 saturated carbocycles. The van der Waals surface area contributed by atoms with Gasteiger partial charge in [-0.25, -0.2) is 0 Å². The van der Waals surface area contributed by atoms with Crippen molar-refractivity contribution in [1.29, 1.82) is 0 Å². The normalized spacial score (nSPS) is 12.7. The van der Waals surface area contributed by atoms with Crippen LogP contribution in [0.1, 0.15) is 37.0 Å². The van der Waals surface area contributed by atoms with E-state index in [0.29, 0.717) is 6.42 Å². The maximum Gasteiger partial charge on any atom is 0.0873 e. The van der Waals surface area contributed by atoms with Gasteiger partial charge < -0.3 is 15.2 Å². The Kier molecular flexibility index (Phi) is 8.74. The summed E-state index contributed by atoms with van der Waals surface area (Å²) in [4.78, 5) is 9.84. The molecule has 183 valence electrons. The average molecular weight is 644 g/mol. The zero-order chi connectivity index (χ0) is 24.4. The first kappa shape index (κ1) is 26.9. The number of rotatable bonds is 3. The molecule has 1 heterocycles. The van der Waals surface area contributed by atoms with Crippen LogP contribution in [0.25, 0.3) is 43.8 Å². The molecule has 0 saturated heterocycles. The molecular weight excluding hydrogens is 613 g/mol. The number of aromatic nitrogens is 2. The van der Waals surface area contributed by atoms with Crippen LogP contribution >= 0.6 is 0 Å². The molecule has 0 fully saturated rings. The Morgan fingerprint density at radius 3 is 2.03 bits per heavy atom. The molecular formula is C30H31IrN2O2-. The zero-order valence-corrected chi connectivity index (χ0v) is 23.2. The summed E-state index contributed by atoms with van der Waals surface area (Å²) in [6.07, 6.45) is 1.60. The van der Waals surface area contributed by atoms with Crippen LogP contribution in [0.4, 0.5) is 0 Å². The molecule has 2 atom stereocenters. The van der Waals surface area contributed by atoms with Crippen molar-refractivity contribution in [2.75, 3.05) is 0 Å². The smallest absolute Gasteiger partial charge is 0.0873 e. The van der Waals surface area contributed by atoms with Crippen molar-refractivity contribution in [3.8, 4) is 11.3 Å². The Balaban J connectivity index is 0.000000378. The Morgan fingerprint density at radius 2 is 1.40 bits per heavy atom. The number of benzene rings is 4. The van der Waals surface area contributed by atoms with Crippen LogP contribution in [0.5, 0.6) is 0 Å². The van der Waals surface area contributed by atoms with Crippen LogP contribution in [0.3, 0.4) is 0 Å². The second-order valence-corrected chi connectivity index (χ2v) is 9.27. The van der Waals surface area contributed by atoms with Crippen molar-refractivity contribution in [2.45, 2.75) is 53.2 Å². The third-order valence-electron chi connectivity index (χ3n) is 5.84. The summed E-state index contributed by atoms with van der Waals surface area (Å²) in [5.74, 6) is 0. The second kappa shape index (κ2) is 11.4. The van der Waals surface area contributed by atoms with Gasteiger partial charge in [0, 0.05) is 37.4 Å². The number of nitrogens with zero attached hydrogens (tertiary/aromatic N) is 2. The average Bonchev–Trinajstić information content (AvgIpc) is 2.79. The summed E-state index contributed by atoms with van der Waals surface area (Å²) in [7, 11) is 0. The number of aliphatic hydroxyl groups is 2. The van der Waals surface area contributed by atoms with E-state index in [4.69, 9.17) is 20.2 Å². The predicted octanol–water partition coefficient (Wildman–Crippen LogP) is 6.46. The van der Waals surface area contributed by atoms with E-state index in [0.717, 1.165) is 33.1 Å². The van der Waals surface area contributed by atoms with Crippen LogP contribution in [0.15, 0.2) is 60.8 Å². The van der Waals surface area contributed by atoms with E-state index in [2.05, 4.69) is 75.4 Å². The van der Waals surface area contributed by atoms with Gasteiger partial charge in [-0.2, -0.15) is 0 Å². The summed E-state index contributed by atoms with van der Waals surface area (Å²) in [5, 5.41) is 21.7. The molecule has 1 aromatic heterocycles. The second-order valence-electron chi connectivity index (χ2n) is 9.27. The fourth-order valence-electron chi connectivity index (χ4n) is 4.22. The molecule has 0 aliphatic heterocycles. The van der Waals surface area contributed by atoms with Crippen molar-refractivity contribution in [3.05, 3.63) is 83.6 Å². The van der Waals surface area contributed by atoms with Gasteiger partial charge in [-0.15, -0.1) is 29.1 Å². The monoisotopic (exact) mass is 644 g/mol. The van der Waals surface area contributed by atoms with Gasteiger partial charge >= 0.3 is 0 Å². The molecule has 0 amide bonds. The van der Waals surface area contributed by atoms with E-state index in [1.807, 2.05) is 12.3 Å². The van der Waals surface area contributed by atoms with Gasteiger partial charge in [0.1, 0.15) is 0 Å². The largest absolute Gasteiger partial charge is 0.393 e. The summed E-state index contributed by atoms with van der Waals surface area (Å²) < 4.78 is 0. The van der Waals surface area contributed by atoms with Crippen LogP contribution in [0, 0.1) is 26.8 Å². The van der Waals surface area contributed by atoms with E-state index in [1.165, 1.54) is 27.5 Å². The Labute approximate surface area is 220 Å². The number of fused-ring (bicyclic) bond motifs is 6. The Bertz CT molecular complexity index is 1460. The maximum atomic E-state index is 8.56. The standard InChI is InChI=1S/C25H19N2.C5H12O2.Ir/c1-15-4-8-18(9-5-15)23-14-26-24-19-10-6-16(2)12-21(19)22-13-17(3)7-11-20(22)25(24)27-23;1-4(6)3-5(2)7;/h4-9,11-14H,1-3H3;4-7H,3H2,1-2H3;/q-1;;. The Morgan fingerprint density at radius 1 is 0.771 bits per heavy atom. The van der Waals surface area contributed by atoms with Crippen molar-refractivity contribution in [2.24, 2.45) is 0 Å². The predicted molar refractivity (Wildman–Crippen MR) is 141 cm³/mol. The van der Waals surface area contributed by atoms with Gasteiger partial charge in [0.15, 0.2) is 0 Å². The number of hydrogen-bond donors (Lipinski definition) is 2. The number of aliphatic hydroxyl groups excluding tert-OH is 2. The molecule has 5 heteroatoms. The Hall–Kier alpha value is -2.69. The third kappa shape index (κ3) is 6.12. The molecule has 0 bridgehead atoms. The van der Waals surface area contributed by atoms with Crippen molar-refractivity contribution in [1.82, 2.24) is 9.97 Å². The summed E-state index contributed by atoms with van der Waals surface area (Å²) in [5.41, 5.74) is 7.53. The van der Waals surface area contributed by atoms with Gasteiger partial charge in [-0.3, -0.25) is 4.98 Å². The minimum absolute atomic E-state index is 0. The number of hydrogen-bond acceptors (Lipinski definition) is 4. The molecule has 1 radical (unpaired) electrons. The van der Waals surface area contributed by atoms with E-state index in [1.54, 1.807) is 13.8 Å². The first-order valence-corrected chi connectivity index (χ1v) is 11.7. The van der Waals surface area contributed by atoms with Crippen LogP contribution in [-0.4, -0.2) is 32.4 Å². The van der Waals surface area contributed by atoms with Gasteiger partial charge in [-0.05, 0) is 39.5 Å². The van der Waals surface area contributed by atoms with Gasteiger partial charge in [0.25, 0.3) is 0 Å². The molecule has 0 spiro atoms. The van der Waals surface area contributed by atoms with Crippen molar-refractivity contribution in [3.63, 3.8) is 0 Å². The van der Waals surface area contributed by atoms with Crippen LogP contribution < -0.4 is 0 Å². The third-order valence-corrected chi connectivity index (χ3v) is 5.84. The van der Waals surface area contributed by atoms with Gasteiger partial charge in [0.2, 0.25) is 0 Å². The van der Waals surface area contributed by atoms with Crippen LogP contribution in [0.2, 0.25) is 0 Å². The molecule has 0 aliphatic carbocycles. The minimum Gasteiger partial charge on any atom is -0.393 e. The van der Waals surface area contributed by atoms with E-state index >= 15 is 0 Å². The molecule has 5 rings (SSSR count). The molecule has 0 aliphatic rings. The van der Waals surface area contributed by atoms with E-state index in [9.17, 15) is 0 Å². The molecule has 5 aromatic rings. The molecule has 4 nitrogen and oxygen atoms in total. The molecule has 2 N–H and O–H groups in total. The SMILES string of the molecule is CC(O)CC(C)O.Cc1ccc(-c2cnc3c4[c-]cc(C)cc4c4cc(C)ccc4c3n2)cc1.[Ir]. The summed E-state index contributed by atoms with van der Waals surface area (Å²) in [6.45, 7) is 9.65. The van der Waals surface area contributed by atoms with Crippen molar-refractivity contribution < 1.29 is 30.3 Å². The van der Waals surface area contributed by atoms with Gasteiger partial charge in [0.05, 0.1) is 23.4 Å². The molecule has 2 unspecified atom stereocenters.